The highest BCUT2D eigenvalue weighted by molar-refractivity contribution is 6.09. The molecule has 0 unspecified atom stereocenters. The van der Waals surface area contributed by atoms with E-state index in [2.05, 4.69) is 12.2 Å². The number of anilines is 1. The number of nitrogens with zero attached hydrogens (tertiary/aromatic N) is 1. The lowest BCUT2D eigenvalue weighted by molar-refractivity contribution is -0.112. The van der Waals surface area contributed by atoms with Gasteiger partial charge in [0, 0.05) is 5.69 Å². The Morgan fingerprint density at radius 1 is 1.14 bits per heavy atom. The number of aryl methyl sites for hydroxylation is 2. The van der Waals surface area contributed by atoms with E-state index >= 15 is 0 Å². The summed E-state index contributed by atoms with van der Waals surface area (Å²) in [6, 6.07) is 12.9. The maximum atomic E-state index is 12.5. The van der Waals surface area contributed by atoms with Crippen molar-refractivity contribution in [1.29, 1.82) is 5.26 Å². The maximum absolute atomic E-state index is 12.5. The van der Waals surface area contributed by atoms with Crippen LogP contribution in [0, 0.1) is 25.2 Å². The van der Waals surface area contributed by atoms with Crippen LogP contribution in [0.5, 0.6) is 11.5 Å². The standard InChI is InChI=1S/C23H26N2O3/c1-5-6-11-28-21-10-8-18(14-22(21)27-4)13-19(15-24)23(26)25-20-9-7-16(2)17(3)12-20/h7-10,12-14H,5-6,11H2,1-4H3,(H,25,26). The van der Waals surface area contributed by atoms with E-state index in [-0.39, 0.29) is 5.57 Å². The van der Waals surface area contributed by atoms with Crippen LogP contribution in [0.25, 0.3) is 6.08 Å². The average molecular weight is 378 g/mol. The third kappa shape index (κ3) is 5.62. The van der Waals surface area contributed by atoms with Gasteiger partial charge in [0.25, 0.3) is 5.91 Å². The van der Waals surface area contributed by atoms with Crippen LogP contribution < -0.4 is 14.8 Å². The lowest BCUT2D eigenvalue weighted by atomic mass is 10.1. The lowest BCUT2D eigenvalue weighted by Crippen LogP contribution is -2.13. The monoisotopic (exact) mass is 378 g/mol. The molecule has 0 aliphatic heterocycles. The molecule has 2 aromatic rings. The minimum atomic E-state index is -0.451. The van der Waals surface area contributed by atoms with E-state index in [1.807, 2.05) is 38.1 Å². The molecule has 2 aromatic carbocycles. The van der Waals surface area contributed by atoms with Gasteiger partial charge in [0.05, 0.1) is 13.7 Å². The number of amides is 1. The first kappa shape index (κ1) is 21.0. The topological polar surface area (TPSA) is 71.3 Å². The largest absolute Gasteiger partial charge is 0.493 e. The van der Waals surface area contributed by atoms with Crippen molar-refractivity contribution in [3.8, 4) is 17.6 Å². The highest BCUT2D eigenvalue weighted by Crippen LogP contribution is 2.29. The molecule has 0 saturated heterocycles. The summed E-state index contributed by atoms with van der Waals surface area (Å²) in [5.41, 5.74) is 3.57. The second-order valence-corrected chi connectivity index (χ2v) is 6.54. The number of hydrogen-bond donors (Lipinski definition) is 1. The lowest BCUT2D eigenvalue weighted by Gasteiger charge is -2.11. The number of carbonyl (C=O) groups is 1. The molecule has 1 amide bonds. The van der Waals surface area contributed by atoms with Gasteiger partial charge >= 0.3 is 0 Å². The first-order chi connectivity index (χ1) is 13.5. The molecule has 0 heterocycles. The number of nitrogens with one attached hydrogen (secondary N) is 1. The Morgan fingerprint density at radius 3 is 2.57 bits per heavy atom. The summed E-state index contributed by atoms with van der Waals surface area (Å²) in [7, 11) is 1.56. The zero-order valence-electron chi connectivity index (χ0n) is 16.8. The van der Waals surface area contributed by atoms with Gasteiger partial charge in [-0.25, -0.2) is 0 Å². The van der Waals surface area contributed by atoms with Gasteiger partial charge in [0.1, 0.15) is 11.6 Å². The average Bonchev–Trinajstić information content (AvgIpc) is 2.69. The fourth-order valence-corrected chi connectivity index (χ4v) is 2.55. The summed E-state index contributed by atoms with van der Waals surface area (Å²) in [6.07, 6.45) is 3.54. The fraction of sp³-hybridized carbons (Fsp3) is 0.304. The van der Waals surface area contributed by atoms with Crippen molar-refractivity contribution >= 4 is 17.7 Å². The summed E-state index contributed by atoms with van der Waals surface area (Å²) >= 11 is 0. The Hall–Kier alpha value is -3.26. The van der Waals surface area contributed by atoms with Crippen LogP contribution in [0.15, 0.2) is 42.0 Å². The summed E-state index contributed by atoms with van der Waals surface area (Å²) in [5, 5.41) is 12.2. The van der Waals surface area contributed by atoms with E-state index in [9.17, 15) is 10.1 Å². The number of methoxy groups -OCH3 is 1. The van der Waals surface area contributed by atoms with E-state index in [1.165, 1.54) is 6.08 Å². The van der Waals surface area contributed by atoms with Crippen molar-refractivity contribution in [2.75, 3.05) is 19.0 Å². The van der Waals surface area contributed by atoms with Crippen LogP contribution >= 0.6 is 0 Å². The third-order valence-corrected chi connectivity index (χ3v) is 4.38. The number of rotatable bonds is 8. The predicted molar refractivity (Wildman–Crippen MR) is 112 cm³/mol. The van der Waals surface area contributed by atoms with Gasteiger partial charge in [-0.2, -0.15) is 5.26 Å². The molecule has 5 nitrogen and oxygen atoms in total. The zero-order chi connectivity index (χ0) is 20.5. The highest BCUT2D eigenvalue weighted by Gasteiger charge is 2.11. The van der Waals surface area contributed by atoms with Gasteiger partial charge in [0.15, 0.2) is 11.5 Å². The number of unbranched alkanes of at least 4 members (excludes halogenated alkanes) is 1. The van der Waals surface area contributed by atoms with Crippen molar-refractivity contribution in [2.45, 2.75) is 33.6 Å². The smallest absolute Gasteiger partial charge is 0.266 e. The molecule has 0 aromatic heterocycles. The van der Waals surface area contributed by atoms with Crippen LogP contribution in [0.1, 0.15) is 36.5 Å². The minimum Gasteiger partial charge on any atom is -0.493 e. The third-order valence-electron chi connectivity index (χ3n) is 4.38. The Balaban J connectivity index is 2.19. The molecule has 0 atom stereocenters. The van der Waals surface area contributed by atoms with Crippen molar-refractivity contribution in [2.24, 2.45) is 0 Å². The summed E-state index contributed by atoms with van der Waals surface area (Å²) < 4.78 is 11.1. The van der Waals surface area contributed by atoms with Crippen LogP contribution in [0.3, 0.4) is 0 Å². The predicted octanol–water partition coefficient (Wildman–Crippen LogP) is 5.04. The number of nitriles is 1. The van der Waals surface area contributed by atoms with Crippen molar-refractivity contribution in [3.05, 3.63) is 58.7 Å². The van der Waals surface area contributed by atoms with Crippen molar-refractivity contribution in [1.82, 2.24) is 0 Å². The van der Waals surface area contributed by atoms with Crippen molar-refractivity contribution in [3.63, 3.8) is 0 Å². The Morgan fingerprint density at radius 2 is 1.93 bits per heavy atom. The maximum Gasteiger partial charge on any atom is 0.266 e. The van der Waals surface area contributed by atoms with Gasteiger partial charge in [-0.05, 0) is 67.3 Å². The molecule has 0 aliphatic carbocycles. The van der Waals surface area contributed by atoms with Crippen LogP contribution in [-0.4, -0.2) is 19.6 Å². The second-order valence-electron chi connectivity index (χ2n) is 6.54. The van der Waals surface area contributed by atoms with Gasteiger partial charge in [-0.3, -0.25) is 4.79 Å². The normalized spacial score (nSPS) is 10.9. The van der Waals surface area contributed by atoms with Crippen LogP contribution in [0.4, 0.5) is 5.69 Å². The quantitative estimate of drug-likeness (QED) is 0.397. The fourth-order valence-electron chi connectivity index (χ4n) is 2.55. The number of benzene rings is 2. The SMILES string of the molecule is CCCCOc1ccc(C=C(C#N)C(=O)Nc2ccc(C)c(C)c2)cc1OC. The van der Waals surface area contributed by atoms with Gasteiger partial charge in [0.2, 0.25) is 0 Å². The van der Waals surface area contributed by atoms with E-state index in [1.54, 1.807) is 25.3 Å². The number of hydrogen-bond acceptors (Lipinski definition) is 4. The number of ether oxygens (including phenoxy) is 2. The summed E-state index contributed by atoms with van der Waals surface area (Å²) in [5.74, 6) is 0.760. The Bertz CT molecular complexity index is 911. The molecule has 0 radical (unpaired) electrons. The molecule has 5 heteroatoms. The summed E-state index contributed by atoms with van der Waals surface area (Å²) in [4.78, 5) is 12.5. The highest BCUT2D eigenvalue weighted by atomic mass is 16.5. The molecule has 0 aliphatic rings. The van der Waals surface area contributed by atoms with E-state index < -0.39 is 5.91 Å². The molecular weight excluding hydrogens is 352 g/mol. The summed E-state index contributed by atoms with van der Waals surface area (Å²) in [6.45, 7) is 6.69. The van der Waals surface area contributed by atoms with E-state index in [4.69, 9.17) is 9.47 Å². The first-order valence-corrected chi connectivity index (χ1v) is 9.29. The second kappa shape index (κ2) is 10.2. The Kier molecular flexibility index (Phi) is 7.65. The van der Waals surface area contributed by atoms with Gasteiger partial charge < -0.3 is 14.8 Å². The molecule has 0 bridgehead atoms. The molecule has 2 rings (SSSR count). The molecule has 0 spiro atoms. The molecule has 1 N–H and O–H groups in total. The Labute approximate surface area is 166 Å². The number of carbonyl (C=O) groups excluding carboxylic acids is 1. The molecule has 28 heavy (non-hydrogen) atoms. The molecule has 0 saturated carbocycles. The van der Waals surface area contributed by atoms with Gasteiger partial charge in [-0.1, -0.05) is 25.5 Å². The van der Waals surface area contributed by atoms with Crippen molar-refractivity contribution < 1.29 is 14.3 Å². The van der Waals surface area contributed by atoms with Crippen LogP contribution in [-0.2, 0) is 4.79 Å². The van der Waals surface area contributed by atoms with Crippen LogP contribution in [0.2, 0.25) is 0 Å². The van der Waals surface area contributed by atoms with E-state index in [0.717, 1.165) is 24.0 Å². The molecule has 0 fully saturated rings. The molecular formula is C23H26N2O3. The zero-order valence-corrected chi connectivity index (χ0v) is 16.8. The van der Waals surface area contributed by atoms with Gasteiger partial charge in [-0.15, -0.1) is 0 Å². The first-order valence-electron chi connectivity index (χ1n) is 9.29. The minimum absolute atomic E-state index is 0.0138. The molecule has 146 valence electrons. The van der Waals surface area contributed by atoms with E-state index in [0.29, 0.717) is 29.4 Å².